The zero-order valence-corrected chi connectivity index (χ0v) is 9.73. The summed E-state index contributed by atoms with van der Waals surface area (Å²) in [5, 5.41) is 0.712. The van der Waals surface area contributed by atoms with Crippen LogP contribution >= 0.6 is 0 Å². The second-order valence-corrected chi connectivity index (χ2v) is 3.99. The van der Waals surface area contributed by atoms with E-state index >= 15 is 0 Å². The maximum atomic E-state index is 12.2. The van der Waals surface area contributed by atoms with Crippen molar-refractivity contribution in [2.24, 2.45) is 0 Å². The van der Waals surface area contributed by atoms with Crippen molar-refractivity contribution >= 4 is 10.9 Å². The maximum absolute atomic E-state index is 12.2. The van der Waals surface area contributed by atoms with Crippen LogP contribution in [0.4, 0.5) is 0 Å². The van der Waals surface area contributed by atoms with Gasteiger partial charge in [-0.1, -0.05) is 25.5 Å². The minimum absolute atomic E-state index is 0.0801. The third-order valence-corrected chi connectivity index (χ3v) is 2.79. The molecule has 0 bridgehead atoms. The van der Waals surface area contributed by atoms with Crippen molar-refractivity contribution in [1.82, 2.24) is 9.55 Å². The average Bonchev–Trinajstić information content (AvgIpc) is 2.29. The monoisotopic (exact) mass is 216 g/mol. The number of para-hydroxylation sites is 1. The summed E-state index contributed by atoms with van der Waals surface area (Å²) in [7, 11) is 0. The molecule has 0 unspecified atom stereocenters. The highest BCUT2D eigenvalue weighted by molar-refractivity contribution is 5.77. The molecule has 2 aromatic rings. The van der Waals surface area contributed by atoms with Crippen LogP contribution in [0.15, 0.2) is 29.1 Å². The van der Waals surface area contributed by atoms with E-state index in [4.69, 9.17) is 0 Å². The van der Waals surface area contributed by atoms with Crippen LogP contribution in [0.1, 0.15) is 25.6 Å². The second kappa shape index (κ2) is 4.47. The number of benzene rings is 1. The predicted molar refractivity (Wildman–Crippen MR) is 65.6 cm³/mol. The highest BCUT2D eigenvalue weighted by atomic mass is 16.1. The number of hydrogen-bond acceptors (Lipinski definition) is 2. The molecule has 0 radical (unpaired) electrons. The first-order chi connectivity index (χ1) is 7.74. The SMILES string of the molecule is CCCCn1c(C)nc2ccccc2c1=O. The van der Waals surface area contributed by atoms with E-state index in [-0.39, 0.29) is 5.56 Å². The molecule has 1 aromatic heterocycles. The molecule has 0 aliphatic rings. The Hall–Kier alpha value is -1.64. The molecule has 16 heavy (non-hydrogen) atoms. The highest BCUT2D eigenvalue weighted by Crippen LogP contribution is 2.07. The molecule has 0 saturated carbocycles. The van der Waals surface area contributed by atoms with Gasteiger partial charge in [0.1, 0.15) is 5.82 Å². The normalized spacial score (nSPS) is 10.9. The summed E-state index contributed by atoms with van der Waals surface area (Å²) in [4.78, 5) is 16.6. The lowest BCUT2D eigenvalue weighted by atomic mass is 10.2. The number of rotatable bonds is 3. The largest absolute Gasteiger partial charge is 0.296 e. The standard InChI is InChI=1S/C13H16N2O/c1-3-4-9-15-10(2)14-12-8-6-5-7-11(12)13(15)16/h5-8H,3-4,9H2,1-2H3. The van der Waals surface area contributed by atoms with Crippen LogP contribution in [-0.2, 0) is 6.54 Å². The molecule has 0 fully saturated rings. The highest BCUT2D eigenvalue weighted by Gasteiger charge is 2.06. The molecule has 3 nitrogen and oxygen atoms in total. The second-order valence-electron chi connectivity index (χ2n) is 3.99. The van der Waals surface area contributed by atoms with Gasteiger partial charge < -0.3 is 0 Å². The summed E-state index contributed by atoms with van der Waals surface area (Å²) >= 11 is 0. The van der Waals surface area contributed by atoms with E-state index in [1.807, 2.05) is 31.2 Å². The smallest absolute Gasteiger partial charge is 0.261 e. The lowest BCUT2D eigenvalue weighted by Gasteiger charge is -2.09. The van der Waals surface area contributed by atoms with Crippen LogP contribution in [0, 0.1) is 6.92 Å². The zero-order valence-electron chi connectivity index (χ0n) is 9.73. The van der Waals surface area contributed by atoms with E-state index in [1.54, 1.807) is 4.57 Å². The molecule has 2 rings (SSSR count). The summed E-state index contributed by atoms with van der Waals surface area (Å²) in [5.41, 5.74) is 0.870. The van der Waals surface area contributed by atoms with Crippen LogP contribution < -0.4 is 5.56 Å². The first-order valence-corrected chi connectivity index (χ1v) is 5.70. The Morgan fingerprint density at radius 3 is 2.81 bits per heavy atom. The summed E-state index contributed by atoms with van der Waals surface area (Å²) in [6.45, 7) is 4.78. The average molecular weight is 216 g/mol. The Morgan fingerprint density at radius 2 is 2.06 bits per heavy atom. The van der Waals surface area contributed by atoms with Gasteiger partial charge >= 0.3 is 0 Å². The Bertz CT molecular complexity index is 557. The molecule has 0 amide bonds. The third kappa shape index (κ3) is 1.85. The van der Waals surface area contributed by atoms with E-state index < -0.39 is 0 Å². The number of hydrogen-bond donors (Lipinski definition) is 0. The van der Waals surface area contributed by atoms with Crippen molar-refractivity contribution < 1.29 is 0 Å². The summed E-state index contributed by atoms with van der Waals surface area (Å²) in [5.74, 6) is 0.803. The molecule has 1 aromatic carbocycles. The van der Waals surface area contributed by atoms with Gasteiger partial charge in [-0.2, -0.15) is 0 Å². The van der Waals surface area contributed by atoms with E-state index in [0.29, 0.717) is 5.39 Å². The Morgan fingerprint density at radius 1 is 1.31 bits per heavy atom. The quantitative estimate of drug-likeness (QED) is 0.790. The molecule has 1 heterocycles. The van der Waals surface area contributed by atoms with Gasteiger partial charge in [-0.25, -0.2) is 4.98 Å². The van der Waals surface area contributed by atoms with Gasteiger partial charge in [-0.05, 0) is 25.5 Å². The van der Waals surface area contributed by atoms with Crippen molar-refractivity contribution in [1.29, 1.82) is 0 Å². The first kappa shape index (κ1) is 10.9. The van der Waals surface area contributed by atoms with Gasteiger partial charge in [0.15, 0.2) is 0 Å². The van der Waals surface area contributed by atoms with Gasteiger partial charge in [0.05, 0.1) is 10.9 Å². The predicted octanol–water partition coefficient (Wildman–Crippen LogP) is 2.51. The van der Waals surface area contributed by atoms with Crippen LogP contribution in [0.2, 0.25) is 0 Å². The van der Waals surface area contributed by atoms with E-state index in [9.17, 15) is 4.79 Å². The lowest BCUT2D eigenvalue weighted by molar-refractivity contribution is 0.591. The zero-order chi connectivity index (χ0) is 11.5. The Kier molecular flexibility index (Phi) is 3.04. The van der Waals surface area contributed by atoms with Crippen molar-refractivity contribution in [2.75, 3.05) is 0 Å². The maximum Gasteiger partial charge on any atom is 0.261 e. The number of nitrogens with zero attached hydrogens (tertiary/aromatic N) is 2. The summed E-state index contributed by atoms with van der Waals surface area (Å²) in [6.07, 6.45) is 2.10. The van der Waals surface area contributed by atoms with Crippen LogP contribution in [-0.4, -0.2) is 9.55 Å². The fourth-order valence-corrected chi connectivity index (χ4v) is 1.86. The number of fused-ring (bicyclic) bond motifs is 1. The molecule has 84 valence electrons. The lowest BCUT2D eigenvalue weighted by Crippen LogP contribution is -2.23. The van der Waals surface area contributed by atoms with E-state index in [2.05, 4.69) is 11.9 Å². The molecule has 3 heteroatoms. The molecular formula is C13H16N2O. The van der Waals surface area contributed by atoms with Crippen molar-refractivity contribution in [3.8, 4) is 0 Å². The van der Waals surface area contributed by atoms with Crippen LogP contribution in [0.5, 0.6) is 0 Å². The molecular weight excluding hydrogens is 200 g/mol. The van der Waals surface area contributed by atoms with Gasteiger partial charge in [0.25, 0.3) is 5.56 Å². The fourth-order valence-electron chi connectivity index (χ4n) is 1.86. The van der Waals surface area contributed by atoms with E-state index in [1.165, 1.54) is 0 Å². The van der Waals surface area contributed by atoms with Gasteiger partial charge in [-0.15, -0.1) is 0 Å². The first-order valence-electron chi connectivity index (χ1n) is 5.70. The summed E-state index contributed by atoms with van der Waals surface area (Å²) in [6, 6.07) is 7.51. The molecule has 0 aliphatic carbocycles. The molecule has 0 aliphatic heterocycles. The van der Waals surface area contributed by atoms with Crippen molar-refractivity contribution in [2.45, 2.75) is 33.2 Å². The van der Waals surface area contributed by atoms with Gasteiger partial charge in [0.2, 0.25) is 0 Å². The number of aromatic nitrogens is 2. The fraction of sp³-hybridized carbons (Fsp3) is 0.385. The van der Waals surface area contributed by atoms with Crippen LogP contribution in [0.3, 0.4) is 0 Å². The minimum Gasteiger partial charge on any atom is -0.296 e. The molecule has 0 saturated heterocycles. The van der Waals surface area contributed by atoms with Crippen LogP contribution in [0.25, 0.3) is 10.9 Å². The molecule has 0 N–H and O–H groups in total. The topological polar surface area (TPSA) is 34.9 Å². The number of aryl methyl sites for hydroxylation is 1. The van der Waals surface area contributed by atoms with Crippen molar-refractivity contribution in [3.05, 3.63) is 40.4 Å². The van der Waals surface area contributed by atoms with Gasteiger partial charge in [0, 0.05) is 6.54 Å². The Balaban J connectivity index is 2.61. The Labute approximate surface area is 94.7 Å². The number of unbranched alkanes of at least 4 members (excludes halogenated alkanes) is 1. The minimum atomic E-state index is 0.0801. The van der Waals surface area contributed by atoms with E-state index in [0.717, 1.165) is 30.7 Å². The van der Waals surface area contributed by atoms with Crippen molar-refractivity contribution in [3.63, 3.8) is 0 Å². The molecule has 0 atom stereocenters. The molecule has 0 spiro atoms. The van der Waals surface area contributed by atoms with Gasteiger partial charge in [-0.3, -0.25) is 9.36 Å². The third-order valence-electron chi connectivity index (χ3n) is 2.79. The summed E-state index contributed by atoms with van der Waals surface area (Å²) < 4.78 is 1.77.